The fraction of sp³-hybridized carbons (Fsp3) is 0.320. The number of benzene rings is 1. The number of ether oxygens (including phenoxy) is 1. The van der Waals surface area contributed by atoms with Crippen molar-refractivity contribution < 1.29 is 9.53 Å². The van der Waals surface area contributed by atoms with Crippen LogP contribution in [0.4, 0.5) is 5.13 Å². The van der Waals surface area contributed by atoms with Crippen LogP contribution >= 0.6 is 22.9 Å². The van der Waals surface area contributed by atoms with Crippen LogP contribution in [0.2, 0.25) is 5.02 Å². The molecule has 9 heteroatoms. The fourth-order valence-electron chi connectivity index (χ4n) is 5.62. The molecule has 0 radical (unpaired) electrons. The predicted molar refractivity (Wildman–Crippen MR) is 133 cm³/mol. The third kappa shape index (κ3) is 3.35. The number of rotatable bonds is 5. The molecule has 3 aromatic heterocycles. The van der Waals surface area contributed by atoms with Crippen LogP contribution in [0.5, 0.6) is 5.75 Å². The molecule has 0 saturated heterocycles. The molecule has 3 saturated carbocycles. The average Bonchev–Trinajstić information content (AvgIpc) is 3.17. The predicted octanol–water partition coefficient (Wildman–Crippen LogP) is 5.81. The maximum absolute atomic E-state index is 13.3. The highest BCUT2D eigenvalue weighted by molar-refractivity contribution is 7.21. The minimum absolute atomic E-state index is 0.196. The van der Waals surface area contributed by atoms with E-state index in [4.69, 9.17) is 21.3 Å². The molecule has 0 unspecified atom stereocenters. The Morgan fingerprint density at radius 1 is 1.12 bits per heavy atom. The van der Waals surface area contributed by atoms with Gasteiger partial charge in [0, 0.05) is 33.5 Å². The van der Waals surface area contributed by atoms with Crippen molar-refractivity contribution >= 4 is 44.5 Å². The van der Waals surface area contributed by atoms with Crippen molar-refractivity contribution in [3.63, 3.8) is 0 Å². The number of nitrogens with zero attached hydrogens (tertiary/aromatic N) is 4. The Hall–Kier alpha value is -3.10. The first-order valence-corrected chi connectivity index (χ1v) is 12.2. The number of amides is 1. The largest absolute Gasteiger partial charge is 0.496 e. The molecular weight excluding hydrogens is 470 g/mol. The summed E-state index contributed by atoms with van der Waals surface area (Å²) in [5, 5.41) is 3.91. The van der Waals surface area contributed by atoms with Gasteiger partial charge in [-0.25, -0.2) is 9.97 Å². The summed E-state index contributed by atoms with van der Waals surface area (Å²) in [6.07, 6.45) is 6.95. The number of hydrogen-bond acceptors (Lipinski definition) is 7. The molecule has 0 spiro atoms. The Labute approximate surface area is 205 Å². The van der Waals surface area contributed by atoms with Gasteiger partial charge in [0.15, 0.2) is 15.6 Å². The highest BCUT2D eigenvalue weighted by Gasteiger charge is 2.66. The van der Waals surface area contributed by atoms with E-state index >= 15 is 0 Å². The number of methoxy groups -OCH3 is 1. The zero-order valence-electron chi connectivity index (χ0n) is 19.0. The third-order valence-corrected chi connectivity index (χ3v) is 8.01. The number of anilines is 1. The number of halogens is 1. The normalized spacial score (nSPS) is 22.7. The molecule has 1 aromatic carbocycles. The molecule has 7 rings (SSSR count). The molecule has 3 aliphatic rings. The summed E-state index contributed by atoms with van der Waals surface area (Å²) in [6.45, 7) is 4.20. The van der Waals surface area contributed by atoms with Gasteiger partial charge in [0.25, 0.3) is 5.91 Å². The van der Waals surface area contributed by atoms with Crippen LogP contribution in [-0.2, 0) is 5.41 Å². The summed E-state index contributed by atoms with van der Waals surface area (Å²) in [5.74, 6) is 0.295. The Bertz CT molecular complexity index is 1460. The molecule has 7 nitrogen and oxygen atoms in total. The van der Waals surface area contributed by atoms with Crippen molar-refractivity contribution in [1.29, 1.82) is 0 Å². The van der Waals surface area contributed by atoms with Gasteiger partial charge in [0.2, 0.25) is 0 Å². The molecular formula is C25H22ClN5O2S. The molecule has 3 fully saturated rings. The first-order valence-electron chi connectivity index (χ1n) is 11.0. The second kappa shape index (κ2) is 7.45. The molecule has 3 heterocycles. The number of aromatic nitrogens is 4. The number of carbonyl (C=O) groups is 1. The highest BCUT2D eigenvalue weighted by atomic mass is 35.5. The number of thiazole rings is 1. The molecule has 0 atom stereocenters. The summed E-state index contributed by atoms with van der Waals surface area (Å²) >= 11 is 7.58. The van der Waals surface area contributed by atoms with Gasteiger partial charge < -0.3 is 4.74 Å². The van der Waals surface area contributed by atoms with Gasteiger partial charge in [0.1, 0.15) is 5.75 Å². The quantitative estimate of drug-likeness (QED) is 0.378. The van der Waals surface area contributed by atoms with Crippen molar-refractivity contribution in [2.75, 3.05) is 12.4 Å². The van der Waals surface area contributed by atoms with Crippen molar-refractivity contribution in [3.05, 3.63) is 58.6 Å². The first kappa shape index (κ1) is 21.4. The molecule has 2 bridgehead atoms. The monoisotopic (exact) mass is 491 g/mol. The first-order chi connectivity index (χ1) is 16.3. The molecule has 1 N–H and O–H groups in total. The topological polar surface area (TPSA) is 89.9 Å². The minimum atomic E-state index is -0.323. The lowest BCUT2D eigenvalue weighted by molar-refractivity contribution is -0.128. The fourth-order valence-corrected chi connectivity index (χ4v) is 6.58. The van der Waals surface area contributed by atoms with Crippen LogP contribution in [0.15, 0.2) is 36.7 Å². The lowest BCUT2D eigenvalue weighted by Gasteiger charge is -2.69. The van der Waals surface area contributed by atoms with E-state index in [9.17, 15) is 4.79 Å². The number of hydrogen-bond donors (Lipinski definition) is 1. The van der Waals surface area contributed by atoms with Gasteiger partial charge in [0.05, 0.1) is 24.6 Å². The lowest BCUT2D eigenvalue weighted by atomic mass is 9.35. The molecule has 34 heavy (non-hydrogen) atoms. The number of fused-ring (bicyclic) bond motifs is 1. The second-order valence-corrected chi connectivity index (χ2v) is 11.1. The Morgan fingerprint density at radius 3 is 2.65 bits per heavy atom. The number of pyridine rings is 1. The van der Waals surface area contributed by atoms with Crippen LogP contribution in [0.25, 0.3) is 21.6 Å². The molecule has 0 aliphatic heterocycles. The number of carbonyl (C=O) groups excluding carboxylic acids is 1. The molecule has 4 aromatic rings. The van der Waals surface area contributed by atoms with Crippen molar-refractivity contribution in [1.82, 2.24) is 19.9 Å². The molecule has 1 amide bonds. The second-order valence-electron chi connectivity index (χ2n) is 9.69. The Morgan fingerprint density at radius 2 is 1.91 bits per heavy atom. The average molecular weight is 492 g/mol. The zero-order valence-corrected chi connectivity index (χ0v) is 20.5. The van der Waals surface area contributed by atoms with E-state index < -0.39 is 0 Å². The Kier molecular flexibility index (Phi) is 4.70. The minimum Gasteiger partial charge on any atom is -0.496 e. The smallest absolute Gasteiger partial charge is 0.259 e. The zero-order chi connectivity index (χ0) is 23.7. The van der Waals surface area contributed by atoms with Crippen LogP contribution in [0.3, 0.4) is 0 Å². The maximum Gasteiger partial charge on any atom is 0.259 e. The maximum atomic E-state index is 13.3. The molecule has 172 valence electrons. The summed E-state index contributed by atoms with van der Waals surface area (Å²) in [4.78, 5) is 32.2. The lowest BCUT2D eigenvalue weighted by Crippen LogP contribution is -2.63. The van der Waals surface area contributed by atoms with Crippen molar-refractivity contribution in [3.8, 4) is 16.9 Å². The van der Waals surface area contributed by atoms with Crippen LogP contribution < -0.4 is 10.1 Å². The van der Waals surface area contributed by atoms with E-state index in [1.807, 2.05) is 19.2 Å². The summed E-state index contributed by atoms with van der Waals surface area (Å²) in [7, 11) is 1.59. The summed E-state index contributed by atoms with van der Waals surface area (Å²) in [5.41, 5.74) is 4.85. The van der Waals surface area contributed by atoms with E-state index in [-0.39, 0.29) is 11.3 Å². The third-order valence-electron chi connectivity index (χ3n) is 6.92. The van der Waals surface area contributed by atoms with Gasteiger partial charge >= 0.3 is 0 Å². The van der Waals surface area contributed by atoms with Gasteiger partial charge in [-0.2, -0.15) is 4.98 Å². The SMILES string of the molecule is COc1ccc(Cl)cc1-c1cc(C)ncc1C(=O)Nc1nc2ncc(C34CC(C)(C3)C4)nc2s1. The van der Waals surface area contributed by atoms with Gasteiger partial charge in [-0.15, -0.1) is 0 Å². The van der Waals surface area contributed by atoms with Crippen LogP contribution in [0.1, 0.15) is 47.9 Å². The van der Waals surface area contributed by atoms with E-state index in [1.165, 1.54) is 30.6 Å². The van der Waals surface area contributed by atoms with Crippen LogP contribution in [-0.4, -0.2) is 33.0 Å². The summed E-state index contributed by atoms with van der Waals surface area (Å²) < 4.78 is 5.51. The standard InChI is InChI=1S/C25H22ClN5O2S/c1-13-6-15(16-7-14(26)4-5-18(16)33-3)17(8-27-13)21(32)31-23-30-20-22(34-23)29-19(9-28-20)25-10-24(2,11-25)12-25/h4-9H,10-12H2,1-3H3,(H,28,30,31,32). The van der Waals surface area contributed by atoms with E-state index in [2.05, 4.69) is 27.2 Å². The highest BCUT2D eigenvalue weighted by Crippen LogP contribution is 2.73. The Balaban J connectivity index is 1.32. The van der Waals surface area contributed by atoms with Gasteiger partial charge in [-0.1, -0.05) is 29.9 Å². The van der Waals surface area contributed by atoms with Crippen molar-refractivity contribution in [2.45, 2.75) is 38.5 Å². The number of nitrogens with one attached hydrogen (secondary N) is 1. The van der Waals surface area contributed by atoms with E-state index in [0.717, 1.165) is 21.8 Å². The summed E-state index contributed by atoms with van der Waals surface area (Å²) in [6, 6.07) is 7.16. The number of aryl methyl sites for hydroxylation is 1. The van der Waals surface area contributed by atoms with Gasteiger partial charge in [-0.3, -0.25) is 15.1 Å². The van der Waals surface area contributed by atoms with Crippen molar-refractivity contribution in [2.24, 2.45) is 5.41 Å². The van der Waals surface area contributed by atoms with E-state index in [0.29, 0.717) is 38.1 Å². The molecule has 3 aliphatic carbocycles. The van der Waals surface area contributed by atoms with Gasteiger partial charge in [-0.05, 0) is 55.9 Å². The van der Waals surface area contributed by atoms with E-state index in [1.54, 1.807) is 31.5 Å². The van der Waals surface area contributed by atoms with Crippen LogP contribution in [0, 0.1) is 12.3 Å².